The number of morpholine rings is 1. The fourth-order valence-electron chi connectivity index (χ4n) is 3.53. The van der Waals surface area contributed by atoms with Crippen LogP contribution in [0.15, 0.2) is 65.1 Å². The lowest BCUT2D eigenvalue weighted by Gasteiger charge is -2.26. The van der Waals surface area contributed by atoms with Gasteiger partial charge in [-0.2, -0.15) is 0 Å². The van der Waals surface area contributed by atoms with Crippen LogP contribution in [-0.4, -0.2) is 42.1 Å². The average molecular weight is 358 g/mol. The summed E-state index contributed by atoms with van der Waals surface area (Å²) >= 11 is 0. The van der Waals surface area contributed by atoms with Crippen LogP contribution in [0.1, 0.15) is 10.4 Å². The first-order valence-electron chi connectivity index (χ1n) is 9.05. The van der Waals surface area contributed by atoms with Crippen LogP contribution < -0.4 is 0 Å². The van der Waals surface area contributed by atoms with Gasteiger partial charge in [-0.15, -0.1) is 0 Å². The van der Waals surface area contributed by atoms with E-state index in [1.807, 2.05) is 41.3 Å². The Morgan fingerprint density at radius 1 is 0.963 bits per heavy atom. The van der Waals surface area contributed by atoms with Crippen LogP contribution in [0.25, 0.3) is 33.3 Å². The van der Waals surface area contributed by atoms with E-state index in [4.69, 9.17) is 9.15 Å². The van der Waals surface area contributed by atoms with Gasteiger partial charge in [-0.3, -0.25) is 4.79 Å². The minimum absolute atomic E-state index is 0.00307. The third-order valence-corrected chi connectivity index (χ3v) is 4.95. The molecule has 0 radical (unpaired) electrons. The highest BCUT2D eigenvalue weighted by Crippen LogP contribution is 2.31. The van der Waals surface area contributed by atoms with Crippen molar-refractivity contribution >= 4 is 27.8 Å². The predicted molar refractivity (Wildman–Crippen MR) is 104 cm³/mol. The molecule has 1 aliphatic heterocycles. The van der Waals surface area contributed by atoms with Gasteiger partial charge in [-0.05, 0) is 35.0 Å². The molecule has 1 fully saturated rings. The maximum Gasteiger partial charge on any atom is 0.254 e. The molecule has 5 rings (SSSR count). The van der Waals surface area contributed by atoms with Crippen LogP contribution in [0.3, 0.4) is 0 Å². The molecule has 1 saturated heterocycles. The average Bonchev–Trinajstić information content (AvgIpc) is 3.16. The lowest BCUT2D eigenvalue weighted by Crippen LogP contribution is -2.40. The van der Waals surface area contributed by atoms with Crippen molar-refractivity contribution in [3.8, 4) is 11.5 Å². The zero-order valence-electron chi connectivity index (χ0n) is 14.7. The monoisotopic (exact) mass is 358 g/mol. The van der Waals surface area contributed by atoms with Gasteiger partial charge in [0.1, 0.15) is 5.52 Å². The summed E-state index contributed by atoms with van der Waals surface area (Å²) in [6.45, 7) is 2.41. The van der Waals surface area contributed by atoms with Crippen molar-refractivity contribution in [3.63, 3.8) is 0 Å². The number of carbonyl (C=O) groups excluding carboxylic acids is 1. The quantitative estimate of drug-likeness (QED) is 0.541. The molecular weight excluding hydrogens is 340 g/mol. The van der Waals surface area contributed by atoms with Gasteiger partial charge in [0, 0.05) is 24.2 Å². The first-order chi connectivity index (χ1) is 13.3. The minimum Gasteiger partial charge on any atom is -0.436 e. The number of hydrogen-bond donors (Lipinski definition) is 0. The largest absolute Gasteiger partial charge is 0.436 e. The fraction of sp³-hybridized carbons (Fsp3) is 0.182. The van der Waals surface area contributed by atoms with Crippen LogP contribution in [0, 0.1) is 0 Å². The van der Waals surface area contributed by atoms with E-state index in [9.17, 15) is 4.79 Å². The predicted octanol–water partition coefficient (Wildman–Crippen LogP) is 4.12. The normalized spacial score (nSPS) is 14.7. The molecule has 0 unspecified atom stereocenters. The lowest BCUT2D eigenvalue weighted by atomic mass is 10.0. The number of nitrogens with zero attached hydrogens (tertiary/aromatic N) is 2. The molecule has 3 aromatic carbocycles. The van der Waals surface area contributed by atoms with Crippen LogP contribution in [0.5, 0.6) is 0 Å². The van der Waals surface area contributed by atoms with Crippen molar-refractivity contribution in [2.75, 3.05) is 26.3 Å². The van der Waals surface area contributed by atoms with E-state index in [0.29, 0.717) is 43.3 Å². The number of carbonyl (C=O) groups is 1. The molecule has 1 aliphatic rings. The molecule has 134 valence electrons. The van der Waals surface area contributed by atoms with E-state index in [0.717, 1.165) is 21.9 Å². The Morgan fingerprint density at radius 2 is 1.78 bits per heavy atom. The summed E-state index contributed by atoms with van der Waals surface area (Å²) in [4.78, 5) is 19.1. The Bertz CT molecular complexity index is 1140. The van der Waals surface area contributed by atoms with Gasteiger partial charge in [0.05, 0.1) is 13.2 Å². The van der Waals surface area contributed by atoms with Crippen LogP contribution in [-0.2, 0) is 4.74 Å². The number of fused-ring (bicyclic) bond motifs is 2. The van der Waals surface area contributed by atoms with Crippen molar-refractivity contribution < 1.29 is 13.9 Å². The summed E-state index contributed by atoms with van der Waals surface area (Å²) in [5.41, 5.74) is 2.93. The molecule has 5 nitrogen and oxygen atoms in total. The number of aromatic nitrogens is 1. The highest BCUT2D eigenvalue weighted by molar-refractivity contribution is 5.98. The Labute approximate surface area is 156 Å². The second-order valence-electron chi connectivity index (χ2n) is 6.63. The maximum atomic E-state index is 12.7. The lowest BCUT2D eigenvalue weighted by molar-refractivity contribution is 0.0303. The highest BCUT2D eigenvalue weighted by Gasteiger charge is 2.20. The van der Waals surface area contributed by atoms with Gasteiger partial charge < -0.3 is 14.1 Å². The van der Waals surface area contributed by atoms with Gasteiger partial charge in [-0.1, -0.05) is 36.4 Å². The van der Waals surface area contributed by atoms with Crippen molar-refractivity contribution in [2.45, 2.75) is 0 Å². The van der Waals surface area contributed by atoms with Gasteiger partial charge in [-0.25, -0.2) is 4.98 Å². The van der Waals surface area contributed by atoms with Crippen LogP contribution in [0.2, 0.25) is 0 Å². The highest BCUT2D eigenvalue weighted by atomic mass is 16.5. The van der Waals surface area contributed by atoms with Crippen LogP contribution in [0.4, 0.5) is 0 Å². The standard InChI is InChI=1S/C22H18N2O3/c25-22(24-10-12-26-13-11-24)16-8-9-19-20(14-16)27-21(23-19)18-7-3-5-15-4-1-2-6-17(15)18/h1-9,14H,10-13H2. The van der Waals surface area contributed by atoms with E-state index in [1.165, 1.54) is 0 Å². The van der Waals surface area contributed by atoms with Crippen molar-refractivity contribution in [2.24, 2.45) is 0 Å². The molecule has 0 atom stereocenters. The summed E-state index contributed by atoms with van der Waals surface area (Å²) < 4.78 is 11.4. The number of oxazole rings is 1. The molecule has 0 aliphatic carbocycles. The van der Waals surface area contributed by atoms with Gasteiger partial charge in [0.2, 0.25) is 5.89 Å². The molecule has 4 aromatic rings. The number of rotatable bonds is 2. The zero-order valence-corrected chi connectivity index (χ0v) is 14.7. The number of amides is 1. The summed E-state index contributed by atoms with van der Waals surface area (Å²) in [5.74, 6) is 0.570. The number of benzene rings is 3. The first-order valence-corrected chi connectivity index (χ1v) is 9.05. The molecule has 27 heavy (non-hydrogen) atoms. The van der Waals surface area contributed by atoms with Crippen molar-refractivity contribution in [1.29, 1.82) is 0 Å². The topological polar surface area (TPSA) is 55.6 Å². The maximum absolute atomic E-state index is 12.7. The molecule has 1 amide bonds. The molecule has 5 heteroatoms. The number of ether oxygens (including phenoxy) is 1. The fourth-order valence-corrected chi connectivity index (χ4v) is 3.53. The minimum atomic E-state index is 0.00307. The summed E-state index contributed by atoms with van der Waals surface area (Å²) in [7, 11) is 0. The molecule has 0 N–H and O–H groups in total. The van der Waals surface area contributed by atoms with Crippen molar-refractivity contribution in [3.05, 3.63) is 66.2 Å². The van der Waals surface area contributed by atoms with Gasteiger partial charge in [0.15, 0.2) is 5.58 Å². The van der Waals surface area contributed by atoms with Crippen LogP contribution >= 0.6 is 0 Å². The van der Waals surface area contributed by atoms with E-state index in [1.54, 1.807) is 6.07 Å². The number of hydrogen-bond acceptors (Lipinski definition) is 4. The van der Waals surface area contributed by atoms with Crippen molar-refractivity contribution in [1.82, 2.24) is 9.88 Å². The molecule has 1 aromatic heterocycles. The Morgan fingerprint density at radius 3 is 2.67 bits per heavy atom. The molecule has 0 saturated carbocycles. The van der Waals surface area contributed by atoms with E-state index in [-0.39, 0.29) is 5.91 Å². The zero-order chi connectivity index (χ0) is 18.2. The van der Waals surface area contributed by atoms with E-state index < -0.39 is 0 Å². The SMILES string of the molecule is O=C(c1ccc2nc(-c3cccc4ccccc34)oc2c1)N1CCOCC1. The smallest absolute Gasteiger partial charge is 0.254 e. The Balaban J connectivity index is 1.55. The Hall–Kier alpha value is -3.18. The van der Waals surface area contributed by atoms with Gasteiger partial charge in [0.25, 0.3) is 5.91 Å². The Kier molecular flexibility index (Phi) is 3.87. The third-order valence-electron chi connectivity index (χ3n) is 4.95. The molecular formula is C22H18N2O3. The second kappa shape index (κ2) is 6.52. The third kappa shape index (κ3) is 2.86. The second-order valence-corrected chi connectivity index (χ2v) is 6.63. The first kappa shape index (κ1) is 16.0. The van der Waals surface area contributed by atoms with E-state index >= 15 is 0 Å². The summed E-state index contributed by atoms with van der Waals surface area (Å²) in [6.07, 6.45) is 0. The summed E-state index contributed by atoms with van der Waals surface area (Å²) in [6, 6.07) is 19.7. The molecule has 2 heterocycles. The molecule has 0 spiro atoms. The summed E-state index contributed by atoms with van der Waals surface area (Å²) in [5, 5.41) is 2.23. The molecule has 0 bridgehead atoms. The van der Waals surface area contributed by atoms with Gasteiger partial charge >= 0.3 is 0 Å². The van der Waals surface area contributed by atoms with E-state index in [2.05, 4.69) is 23.2 Å².